The fourth-order valence-corrected chi connectivity index (χ4v) is 4.11. The van der Waals surface area contributed by atoms with Gasteiger partial charge in [-0.2, -0.15) is 0 Å². The van der Waals surface area contributed by atoms with Gasteiger partial charge in [0.15, 0.2) is 0 Å². The number of carbonyl (C=O) groups is 1. The summed E-state index contributed by atoms with van der Waals surface area (Å²) in [6, 6.07) is 24.3. The molecular formula is C25H22N2O2. The van der Waals surface area contributed by atoms with Gasteiger partial charge in [-0.25, -0.2) is 0 Å². The molecule has 29 heavy (non-hydrogen) atoms. The molecule has 4 heteroatoms. The molecule has 5 rings (SSSR count). The summed E-state index contributed by atoms with van der Waals surface area (Å²) < 4.78 is 5.20. The summed E-state index contributed by atoms with van der Waals surface area (Å²) in [4.78, 5) is 18.5. The van der Waals surface area contributed by atoms with Gasteiger partial charge in [0, 0.05) is 47.2 Å². The molecule has 4 nitrogen and oxygen atoms in total. The van der Waals surface area contributed by atoms with E-state index in [9.17, 15) is 4.79 Å². The molecule has 3 aromatic carbocycles. The fraction of sp³-hybridized carbons (Fsp3) is 0.160. The molecule has 1 amide bonds. The van der Waals surface area contributed by atoms with Crippen LogP contribution >= 0.6 is 0 Å². The molecule has 2 heterocycles. The summed E-state index contributed by atoms with van der Waals surface area (Å²) in [6.07, 6.45) is 0.840. The zero-order valence-corrected chi connectivity index (χ0v) is 16.3. The van der Waals surface area contributed by atoms with Crippen LogP contribution in [0.5, 0.6) is 5.75 Å². The molecule has 1 N–H and O–H groups in total. The van der Waals surface area contributed by atoms with Gasteiger partial charge >= 0.3 is 0 Å². The molecule has 0 saturated carbocycles. The van der Waals surface area contributed by atoms with Crippen molar-refractivity contribution in [1.29, 1.82) is 0 Å². The quantitative estimate of drug-likeness (QED) is 0.539. The number of aromatic amines is 1. The highest BCUT2D eigenvalue weighted by atomic mass is 16.5. The predicted molar refractivity (Wildman–Crippen MR) is 115 cm³/mol. The molecule has 0 unspecified atom stereocenters. The van der Waals surface area contributed by atoms with Crippen LogP contribution in [0.1, 0.15) is 21.6 Å². The topological polar surface area (TPSA) is 45.3 Å². The van der Waals surface area contributed by atoms with E-state index in [1.54, 1.807) is 7.11 Å². The average Bonchev–Trinajstić information content (AvgIpc) is 3.16. The summed E-state index contributed by atoms with van der Waals surface area (Å²) in [5.41, 5.74) is 6.69. The number of carbonyl (C=O) groups excluding carboxylic acids is 1. The third-order valence-electron chi connectivity index (χ3n) is 5.71. The van der Waals surface area contributed by atoms with Crippen LogP contribution < -0.4 is 4.74 Å². The first kappa shape index (κ1) is 17.6. The van der Waals surface area contributed by atoms with Gasteiger partial charge in [-0.15, -0.1) is 0 Å². The maximum Gasteiger partial charge on any atom is 0.254 e. The van der Waals surface area contributed by atoms with Crippen LogP contribution in [0.25, 0.3) is 22.0 Å². The van der Waals surface area contributed by atoms with Gasteiger partial charge in [0.2, 0.25) is 0 Å². The Bertz CT molecular complexity index is 1180. The molecule has 0 fully saturated rings. The van der Waals surface area contributed by atoms with Gasteiger partial charge in [0.25, 0.3) is 5.91 Å². The SMILES string of the molecule is COc1ccc(C(=O)N2CCc3[nH]c4ccc(-c5ccccc5)cc4c3C2)cc1. The van der Waals surface area contributed by atoms with E-state index >= 15 is 0 Å². The molecule has 0 spiro atoms. The largest absolute Gasteiger partial charge is 0.497 e. The Morgan fingerprint density at radius 1 is 0.966 bits per heavy atom. The molecule has 0 saturated heterocycles. The maximum atomic E-state index is 13.0. The number of nitrogens with zero attached hydrogens (tertiary/aromatic N) is 1. The Hall–Kier alpha value is -3.53. The van der Waals surface area contributed by atoms with E-state index in [4.69, 9.17) is 4.74 Å². The number of aromatic nitrogens is 1. The van der Waals surface area contributed by atoms with E-state index in [1.807, 2.05) is 35.2 Å². The molecule has 1 aliphatic rings. The number of amides is 1. The van der Waals surface area contributed by atoms with Crippen LogP contribution in [0.2, 0.25) is 0 Å². The van der Waals surface area contributed by atoms with Crippen molar-refractivity contribution < 1.29 is 9.53 Å². The molecule has 0 atom stereocenters. The first-order chi connectivity index (χ1) is 14.2. The Kier molecular flexibility index (Phi) is 4.32. The van der Waals surface area contributed by atoms with Crippen molar-refractivity contribution in [3.05, 3.63) is 89.6 Å². The average molecular weight is 382 g/mol. The second kappa shape index (κ2) is 7.13. The molecule has 0 radical (unpaired) electrons. The lowest BCUT2D eigenvalue weighted by Gasteiger charge is -2.27. The van der Waals surface area contributed by atoms with E-state index < -0.39 is 0 Å². The summed E-state index contributed by atoms with van der Waals surface area (Å²) in [7, 11) is 1.63. The second-order valence-electron chi connectivity index (χ2n) is 7.41. The van der Waals surface area contributed by atoms with E-state index in [-0.39, 0.29) is 5.91 Å². The minimum Gasteiger partial charge on any atom is -0.497 e. The third kappa shape index (κ3) is 3.17. The molecule has 4 aromatic rings. The minimum absolute atomic E-state index is 0.0619. The highest BCUT2D eigenvalue weighted by molar-refractivity contribution is 5.95. The number of ether oxygens (including phenoxy) is 1. The highest BCUT2D eigenvalue weighted by Crippen LogP contribution is 2.32. The summed E-state index contributed by atoms with van der Waals surface area (Å²) in [5.74, 6) is 0.819. The van der Waals surface area contributed by atoms with E-state index in [2.05, 4.69) is 47.4 Å². The van der Waals surface area contributed by atoms with Gasteiger partial charge < -0.3 is 14.6 Å². The smallest absolute Gasteiger partial charge is 0.254 e. The minimum atomic E-state index is 0.0619. The fourth-order valence-electron chi connectivity index (χ4n) is 4.11. The zero-order valence-electron chi connectivity index (χ0n) is 16.3. The van der Waals surface area contributed by atoms with Crippen LogP contribution in [0.3, 0.4) is 0 Å². The zero-order chi connectivity index (χ0) is 19.8. The number of methoxy groups -OCH3 is 1. The van der Waals surface area contributed by atoms with Crippen molar-refractivity contribution in [1.82, 2.24) is 9.88 Å². The van der Waals surface area contributed by atoms with E-state index in [0.717, 1.165) is 24.2 Å². The number of fused-ring (bicyclic) bond motifs is 3. The molecule has 1 aromatic heterocycles. The van der Waals surface area contributed by atoms with E-state index in [0.29, 0.717) is 12.1 Å². The molecular weight excluding hydrogens is 360 g/mol. The lowest BCUT2D eigenvalue weighted by molar-refractivity contribution is 0.0735. The number of H-pyrrole nitrogens is 1. The Labute approximate surface area is 169 Å². The van der Waals surface area contributed by atoms with Gasteiger partial charge in [-0.3, -0.25) is 4.79 Å². The van der Waals surface area contributed by atoms with Crippen LogP contribution in [0.15, 0.2) is 72.8 Å². The number of hydrogen-bond acceptors (Lipinski definition) is 2. The Morgan fingerprint density at radius 3 is 2.52 bits per heavy atom. The number of rotatable bonds is 3. The van der Waals surface area contributed by atoms with Gasteiger partial charge in [-0.05, 0) is 47.5 Å². The van der Waals surface area contributed by atoms with Crippen LogP contribution in [-0.4, -0.2) is 29.4 Å². The molecule has 144 valence electrons. The monoisotopic (exact) mass is 382 g/mol. The normalized spacial score (nSPS) is 13.3. The molecule has 0 aliphatic carbocycles. The third-order valence-corrected chi connectivity index (χ3v) is 5.71. The van der Waals surface area contributed by atoms with E-state index in [1.165, 1.54) is 27.8 Å². The van der Waals surface area contributed by atoms with Gasteiger partial charge in [-0.1, -0.05) is 36.4 Å². The molecule has 0 bridgehead atoms. The standard InChI is InChI=1S/C25H22N2O2/c1-29-20-10-7-18(8-11-20)25(28)27-14-13-24-22(16-27)21-15-19(9-12-23(21)26-24)17-5-3-2-4-6-17/h2-12,15,26H,13-14,16H2,1H3. The summed E-state index contributed by atoms with van der Waals surface area (Å²) in [5, 5.41) is 1.20. The lowest BCUT2D eigenvalue weighted by Crippen LogP contribution is -2.35. The second-order valence-corrected chi connectivity index (χ2v) is 7.41. The Balaban J connectivity index is 1.47. The predicted octanol–water partition coefficient (Wildman–Crippen LogP) is 5.04. The van der Waals surface area contributed by atoms with Crippen molar-refractivity contribution in [2.24, 2.45) is 0 Å². The molecule has 1 aliphatic heterocycles. The van der Waals surface area contributed by atoms with Crippen molar-refractivity contribution >= 4 is 16.8 Å². The van der Waals surface area contributed by atoms with Crippen molar-refractivity contribution in [3.8, 4) is 16.9 Å². The first-order valence-corrected chi connectivity index (χ1v) is 9.85. The summed E-state index contributed by atoms with van der Waals surface area (Å²) >= 11 is 0. The number of nitrogens with one attached hydrogen (secondary N) is 1. The van der Waals surface area contributed by atoms with Crippen molar-refractivity contribution in [3.63, 3.8) is 0 Å². The maximum absolute atomic E-state index is 13.0. The summed E-state index contributed by atoms with van der Waals surface area (Å²) in [6.45, 7) is 1.34. The Morgan fingerprint density at radius 2 is 1.76 bits per heavy atom. The highest BCUT2D eigenvalue weighted by Gasteiger charge is 2.25. The number of benzene rings is 3. The van der Waals surface area contributed by atoms with Crippen molar-refractivity contribution in [2.45, 2.75) is 13.0 Å². The lowest BCUT2D eigenvalue weighted by atomic mass is 9.99. The van der Waals surface area contributed by atoms with Crippen LogP contribution in [0.4, 0.5) is 0 Å². The van der Waals surface area contributed by atoms with Gasteiger partial charge in [0.1, 0.15) is 5.75 Å². The van der Waals surface area contributed by atoms with Crippen molar-refractivity contribution in [2.75, 3.05) is 13.7 Å². The van der Waals surface area contributed by atoms with Crippen LogP contribution in [0, 0.1) is 0 Å². The van der Waals surface area contributed by atoms with Gasteiger partial charge in [0.05, 0.1) is 7.11 Å². The first-order valence-electron chi connectivity index (χ1n) is 9.85. The van der Waals surface area contributed by atoms with Crippen LogP contribution in [-0.2, 0) is 13.0 Å². The number of hydrogen-bond donors (Lipinski definition) is 1.